The normalized spacial score (nSPS) is 10.3. The van der Waals surface area contributed by atoms with Crippen LogP contribution in [0.15, 0.2) is 30.7 Å². The molecule has 0 aromatic carbocycles. The average molecular weight is 260 g/mol. The molecule has 2 aromatic heterocycles. The summed E-state index contributed by atoms with van der Waals surface area (Å²) in [5, 5.41) is 4.07. The number of hydrazine groups is 1. The van der Waals surface area contributed by atoms with Crippen molar-refractivity contribution in [2.75, 3.05) is 12.5 Å². The van der Waals surface area contributed by atoms with Crippen LogP contribution in [-0.2, 0) is 13.6 Å². The number of nitrogen functional groups attached to an aromatic ring is 1. The smallest absolute Gasteiger partial charge is 0.254 e. The lowest BCUT2D eigenvalue weighted by molar-refractivity contribution is 0.0785. The summed E-state index contributed by atoms with van der Waals surface area (Å²) in [7, 11) is 3.58. The molecule has 100 valence electrons. The quantitative estimate of drug-likeness (QED) is 0.612. The summed E-state index contributed by atoms with van der Waals surface area (Å²) in [6.45, 7) is 0.500. The number of aryl methyl sites for hydroxylation is 1. The van der Waals surface area contributed by atoms with Gasteiger partial charge in [0.25, 0.3) is 5.91 Å². The summed E-state index contributed by atoms with van der Waals surface area (Å²) in [6, 6.07) is 3.27. The fraction of sp³-hybridized carbons (Fsp3) is 0.250. The Kier molecular flexibility index (Phi) is 3.76. The van der Waals surface area contributed by atoms with Crippen molar-refractivity contribution in [2.45, 2.75) is 6.54 Å². The Morgan fingerprint density at radius 1 is 1.58 bits per heavy atom. The van der Waals surface area contributed by atoms with Crippen molar-refractivity contribution in [1.82, 2.24) is 19.7 Å². The van der Waals surface area contributed by atoms with E-state index in [0.29, 0.717) is 17.9 Å². The van der Waals surface area contributed by atoms with Gasteiger partial charge in [-0.25, -0.2) is 10.8 Å². The molecule has 0 bridgehead atoms. The van der Waals surface area contributed by atoms with Crippen LogP contribution in [0.4, 0.5) is 5.82 Å². The van der Waals surface area contributed by atoms with E-state index < -0.39 is 0 Å². The summed E-state index contributed by atoms with van der Waals surface area (Å²) in [6.07, 6.45) is 5.16. The third-order valence-corrected chi connectivity index (χ3v) is 2.68. The van der Waals surface area contributed by atoms with Gasteiger partial charge in [-0.1, -0.05) is 0 Å². The molecule has 7 heteroatoms. The van der Waals surface area contributed by atoms with Gasteiger partial charge >= 0.3 is 0 Å². The Balaban J connectivity index is 2.09. The second-order valence-electron chi connectivity index (χ2n) is 4.26. The lowest BCUT2D eigenvalue weighted by Crippen LogP contribution is -2.26. The van der Waals surface area contributed by atoms with Crippen molar-refractivity contribution >= 4 is 11.7 Å². The topological polar surface area (TPSA) is 89.1 Å². The average Bonchev–Trinajstić information content (AvgIpc) is 2.83. The lowest BCUT2D eigenvalue weighted by Gasteiger charge is -2.16. The Morgan fingerprint density at radius 3 is 3.00 bits per heavy atom. The van der Waals surface area contributed by atoms with Crippen LogP contribution in [-0.4, -0.2) is 32.6 Å². The van der Waals surface area contributed by atoms with Crippen LogP contribution in [0.3, 0.4) is 0 Å². The van der Waals surface area contributed by atoms with E-state index in [2.05, 4.69) is 15.5 Å². The lowest BCUT2D eigenvalue weighted by atomic mass is 10.2. The van der Waals surface area contributed by atoms with Gasteiger partial charge in [0, 0.05) is 44.2 Å². The summed E-state index contributed by atoms with van der Waals surface area (Å²) in [5.41, 5.74) is 3.93. The van der Waals surface area contributed by atoms with Gasteiger partial charge in [-0.2, -0.15) is 5.10 Å². The zero-order valence-electron chi connectivity index (χ0n) is 10.9. The molecule has 0 spiro atoms. The van der Waals surface area contributed by atoms with Gasteiger partial charge < -0.3 is 10.3 Å². The van der Waals surface area contributed by atoms with Gasteiger partial charge in [0.15, 0.2) is 0 Å². The Bertz CT molecular complexity index is 579. The maximum Gasteiger partial charge on any atom is 0.254 e. The van der Waals surface area contributed by atoms with Crippen molar-refractivity contribution < 1.29 is 4.79 Å². The van der Waals surface area contributed by atoms with Crippen LogP contribution in [0.1, 0.15) is 15.9 Å². The number of anilines is 1. The molecule has 2 aromatic rings. The highest BCUT2D eigenvalue weighted by molar-refractivity contribution is 5.94. The number of carbonyl (C=O) groups is 1. The monoisotopic (exact) mass is 260 g/mol. The molecule has 0 aliphatic carbocycles. The minimum absolute atomic E-state index is 0.0947. The van der Waals surface area contributed by atoms with E-state index in [1.165, 1.54) is 0 Å². The molecule has 0 atom stereocenters. The second-order valence-corrected chi connectivity index (χ2v) is 4.26. The molecule has 7 nitrogen and oxygen atoms in total. The molecule has 0 unspecified atom stereocenters. The van der Waals surface area contributed by atoms with Crippen molar-refractivity contribution in [3.63, 3.8) is 0 Å². The highest BCUT2D eigenvalue weighted by atomic mass is 16.2. The van der Waals surface area contributed by atoms with Crippen LogP contribution in [0.25, 0.3) is 0 Å². The molecule has 19 heavy (non-hydrogen) atoms. The molecule has 0 saturated carbocycles. The van der Waals surface area contributed by atoms with Crippen LogP contribution in [0, 0.1) is 0 Å². The first kappa shape index (κ1) is 13.0. The molecular formula is C12H16N6O. The SMILES string of the molecule is CN(Cc1cnn(C)c1)C(=O)c1ccnc(NN)c1. The van der Waals surface area contributed by atoms with Gasteiger partial charge in [0.1, 0.15) is 5.82 Å². The predicted octanol–water partition coefficient (Wildman–Crippen LogP) is 0.373. The molecule has 3 N–H and O–H groups in total. The van der Waals surface area contributed by atoms with Gasteiger partial charge in [-0.3, -0.25) is 9.48 Å². The number of hydrogen-bond acceptors (Lipinski definition) is 5. The van der Waals surface area contributed by atoms with Crippen LogP contribution >= 0.6 is 0 Å². The van der Waals surface area contributed by atoms with Gasteiger partial charge in [-0.15, -0.1) is 0 Å². The Labute approximate surface area is 111 Å². The third kappa shape index (κ3) is 3.08. The molecule has 0 aliphatic rings. The van der Waals surface area contributed by atoms with E-state index in [0.717, 1.165) is 5.56 Å². The molecule has 2 heterocycles. The van der Waals surface area contributed by atoms with Crippen molar-refractivity contribution in [3.8, 4) is 0 Å². The number of hydrogen-bond donors (Lipinski definition) is 2. The maximum atomic E-state index is 12.2. The highest BCUT2D eigenvalue weighted by Gasteiger charge is 2.13. The number of rotatable bonds is 4. The largest absolute Gasteiger partial charge is 0.337 e. The van der Waals surface area contributed by atoms with Crippen molar-refractivity contribution in [3.05, 3.63) is 41.9 Å². The first-order chi connectivity index (χ1) is 9.10. The molecule has 1 amide bonds. The Hall–Kier alpha value is -2.41. The van der Waals surface area contributed by atoms with Gasteiger partial charge in [0.2, 0.25) is 0 Å². The first-order valence-corrected chi connectivity index (χ1v) is 5.76. The minimum Gasteiger partial charge on any atom is -0.337 e. The maximum absolute atomic E-state index is 12.2. The summed E-state index contributed by atoms with van der Waals surface area (Å²) in [5.74, 6) is 5.64. The van der Waals surface area contributed by atoms with E-state index in [4.69, 9.17) is 5.84 Å². The molecule has 0 aliphatic heterocycles. The number of nitrogens with zero attached hydrogens (tertiary/aromatic N) is 4. The van der Waals surface area contributed by atoms with E-state index in [1.807, 2.05) is 13.2 Å². The van der Waals surface area contributed by atoms with Gasteiger partial charge in [0.05, 0.1) is 6.20 Å². The molecule has 2 rings (SSSR count). The molecular weight excluding hydrogens is 244 g/mol. The summed E-state index contributed by atoms with van der Waals surface area (Å²) >= 11 is 0. The van der Waals surface area contributed by atoms with E-state index in [1.54, 1.807) is 41.2 Å². The molecule has 0 fully saturated rings. The zero-order chi connectivity index (χ0) is 13.8. The minimum atomic E-state index is -0.0947. The van der Waals surface area contributed by atoms with E-state index in [9.17, 15) is 4.79 Å². The second kappa shape index (κ2) is 5.49. The van der Waals surface area contributed by atoms with Crippen LogP contribution in [0.5, 0.6) is 0 Å². The number of nitrogens with two attached hydrogens (primary N) is 1. The fourth-order valence-corrected chi connectivity index (χ4v) is 1.76. The highest BCUT2D eigenvalue weighted by Crippen LogP contribution is 2.10. The van der Waals surface area contributed by atoms with Crippen LogP contribution < -0.4 is 11.3 Å². The third-order valence-electron chi connectivity index (χ3n) is 2.68. The van der Waals surface area contributed by atoms with Crippen LogP contribution in [0.2, 0.25) is 0 Å². The molecule has 0 radical (unpaired) electrons. The number of pyridine rings is 1. The van der Waals surface area contributed by atoms with Gasteiger partial charge in [-0.05, 0) is 12.1 Å². The molecule has 0 saturated heterocycles. The predicted molar refractivity (Wildman–Crippen MR) is 71.1 cm³/mol. The zero-order valence-corrected chi connectivity index (χ0v) is 10.9. The Morgan fingerprint density at radius 2 is 2.37 bits per heavy atom. The van der Waals surface area contributed by atoms with E-state index in [-0.39, 0.29) is 5.91 Å². The summed E-state index contributed by atoms with van der Waals surface area (Å²) in [4.78, 5) is 17.8. The number of carbonyl (C=O) groups excluding carboxylic acids is 1. The van der Waals surface area contributed by atoms with Crippen molar-refractivity contribution in [2.24, 2.45) is 12.9 Å². The fourth-order valence-electron chi connectivity index (χ4n) is 1.76. The first-order valence-electron chi connectivity index (χ1n) is 5.76. The standard InChI is InChI=1S/C12H16N6O/c1-17(7-9-6-15-18(2)8-9)12(19)10-3-4-14-11(5-10)16-13/h3-6,8H,7,13H2,1-2H3,(H,14,16). The van der Waals surface area contributed by atoms with Crippen molar-refractivity contribution in [1.29, 1.82) is 0 Å². The number of aromatic nitrogens is 3. The summed E-state index contributed by atoms with van der Waals surface area (Å²) < 4.78 is 1.70. The number of amides is 1. The number of nitrogens with one attached hydrogen (secondary N) is 1. The van der Waals surface area contributed by atoms with E-state index >= 15 is 0 Å².